The molecule has 3 nitrogen and oxygen atoms in total. The molecule has 0 heterocycles. The number of amidine groups is 1. The van der Waals surface area contributed by atoms with Crippen LogP contribution in [0.3, 0.4) is 0 Å². The van der Waals surface area contributed by atoms with Crippen molar-refractivity contribution in [1.29, 1.82) is 0 Å². The molecule has 0 aromatic heterocycles. The zero-order valence-corrected chi connectivity index (χ0v) is 14.6. The zero-order chi connectivity index (χ0) is 17.5. The van der Waals surface area contributed by atoms with Crippen molar-refractivity contribution in [2.75, 3.05) is 14.2 Å². The van der Waals surface area contributed by atoms with Crippen LogP contribution in [0.5, 0.6) is 5.75 Å². The van der Waals surface area contributed by atoms with Gasteiger partial charge in [-0.15, -0.1) is 0 Å². The maximum absolute atomic E-state index is 13.2. The Hall–Kier alpha value is -2.62. The molecule has 0 aliphatic carbocycles. The third-order valence-electron chi connectivity index (χ3n) is 3.81. The Balaban J connectivity index is 2.52. The lowest BCUT2D eigenvalue weighted by Crippen LogP contribution is -2.20. The summed E-state index contributed by atoms with van der Waals surface area (Å²) >= 11 is 0. The summed E-state index contributed by atoms with van der Waals surface area (Å²) in [5.74, 6) is 1.29. The number of nitrogens with zero attached hydrogens (tertiary/aromatic N) is 1. The van der Waals surface area contributed by atoms with Crippen LogP contribution in [0.4, 0.5) is 4.39 Å². The van der Waals surface area contributed by atoms with Gasteiger partial charge in [-0.25, -0.2) is 4.39 Å². The topological polar surface area (TPSA) is 33.6 Å². The number of hydrogen-bond acceptors (Lipinski definition) is 2. The summed E-state index contributed by atoms with van der Waals surface area (Å²) in [5.41, 5.74) is 3.84. The molecule has 2 aromatic rings. The standard InChI is InChI=1S/C20H23FN2O/c1-5-6-11-23-20(22-3)18-12-16(13-19(24-4)14(18)2)15-7-9-17(21)10-8-15/h6-13H,5H2,1-4H3,(H,22,23)/b11-6+. The van der Waals surface area contributed by atoms with Crippen molar-refractivity contribution in [1.82, 2.24) is 5.32 Å². The first kappa shape index (κ1) is 17.7. The van der Waals surface area contributed by atoms with Crippen LogP contribution in [-0.2, 0) is 0 Å². The number of ether oxygens (including phenoxy) is 1. The van der Waals surface area contributed by atoms with E-state index < -0.39 is 0 Å². The predicted molar refractivity (Wildman–Crippen MR) is 98.2 cm³/mol. The Labute approximate surface area is 142 Å². The van der Waals surface area contributed by atoms with E-state index in [0.29, 0.717) is 0 Å². The molecule has 0 spiro atoms. The highest BCUT2D eigenvalue weighted by Crippen LogP contribution is 2.30. The molecule has 0 aliphatic heterocycles. The first-order chi connectivity index (χ1) is 11.6. The summed E-state index contributed by atoms with van der Waals surface area (Å²) in [5, 5.41) is 3.22. The summed E-state index contributed by atoms with van der Waals surface area (Å²) in [4.78, 5) is 4.35. The lowest BCUT2D eigenvalue weighted by Gasteiger charge is -2.15. The highest BCUT2D eigenvalue weighted by atomic mass is 19.1. The van der Waals surface area contributed by atoms with Crippen molar-refractivity contribution < 1.29 is 9.13 Å². The van der Waals surface area contributed by atoms with Gasteiger partial charge < -0.3 is 10.1 Å². The molecular weight excluding hydrogens is 303 g/mol. The average Bonchev–Trinajstić information content (AvgIpc) is 2.60. The number of aliphatic imine (C=N–C) groups is 1. The van der Waals surface area contributed by atoms with Crippen LogP contribution in [-0.4, -0.2) is 20.0 Å². The van der Waals surface area contributed by atoms with Crippen molar-refractivity contribution in [3.63, 3.8) is 0 Å². The number of rotatable bonds is 5. The molecule has 2 aromatic carbocycles. The molecule has 24 heavy (non-hydrogen) atoms. The quantitative estimate of drug-likeness (QED) is 0.638. The van der Waals surface area contributed by atoms with Crippen LogP contribution in [0.25, 0.3) is 11.1 Å². The van der Waals surface area contributed by atoms with Gasteiger partial charge >= 0.3 is 0 Å². The molecule has 0 bridgehead atoms. The molecule has 0 saturated heterocycles. The van der Waals surface area contributed by atoms with E-state index in [1.165, 1.54) is 12.1 Å². The second-order valence-corrected chi connectivity index (χ2v) is 5.39. The van der Waals surface area contributed by atoms with Gasteiger partial charge in [-0.1, -0.05) is 25.1 Å². The molecule has 2 rings (SSSR count). The molecule has 0 unspecified atom stereocenters. The minimum atomic E-state index is -0.250. The second kappa shape index (κ2) is 8.29. The summed E-state index contributed by atoms with van der Waals surface area (Å²) < 4.78 is 18.7. The molecule has 4 heteroatoms. The van der Waals surface area contributed by atoms with Crippen LogP contribution < -0.4 is 10.1 Å². The van der Waals surface area contributed by atoms with Gasteiger partial charge in [0.2, 0.25) is 0 Å². The molecule has 0 fully saturated rings. The number of benzene rings is 2. The Morgan fingerprint density at radius 3 is 2.50 bits per heavy atom. The monoisotopic (exact) mass is 326 g/mol. The highest BCUT2D eigenvalue weighted by molar-refractivity contribution is 6.02. The van der Waals surface area contributed by atoms with Gasteiger partial charge in [0.1, 0.15) is 17.4 Å². The number of nitrogens with one attached hydrogen (secondary N) is 1. The zero-order valence-electron chi connectivity index (χ0n) is 14.6. The fourth-order valence-electron chi connectivity index (χ4n) is 2.47. The number of allylic oxidation sites excluding steroid dienone is 1. The Morgan fingerprint density at radius 1 is 1.21 bits per heavy atom. The number of hydrogen-bond donors (Lipinski definition) is 1. The lowest BCUT2D eigenvalue weighted by atomic mass is 9.98. The van der Waals surface area contributed by atoms with Crippen molar-refractivity contribution >= 4 is 5.84 Å². The molecule has 0 atom stereocenters. The van der Waals surface area contributed by atoms with Crippen molar-refractivity contribution in [2.24, 2.45) is 4.99 Å². The van der Waals surface area contributed by atoms with Crippen molar-refractivity contribution in [3.8, 4) is 16.9 Å². The van der Waals surface area contributed by atoms with E-state index in [4.69, 9.17) is 4.74 Å². The second-order valence-electron chi connectivity index (χ2n) is 5.39. The normalized spacial score (nSPS) is 11.8. The summed E-state index contributed by atoms with van der Waals surface area (Å²) in [6.07, 6.45) is 4.86. The third-order valence-corrected chi connectivity index (χ3v) is 3.81. The molecular formula is C20H23FN2O. The Kier molecular flexibility index (Phi) is 6.13. The van der Waals surface area contributed by atoms with E-state index in [1.54, 1.807) is 26.3 Å². The minimum absolute atomic E-state index is 0.250. The van der Waals surface area contributed by atoms with Crippen molar-refractivity contribution in [2.45, 2.75) is 20.3 Å². The minimum Gasteiger partial charge on any atom is -0.496 e. The predicted octanol–water partition coefficient (Wildman–Crippen LogP) is 4.70. The number of halogens is 1. The van der Waals surface area contributed by atoms with Crippen LogP contribution in [0, 0.1) is 12.7 Å². The summed E-state index contributed by atoms with van der Waals surface area (Å²) in [6.45, 7) is 4.07. The fraction of sp³-hybridized carbons (Fsp3) is 0.250. The Bertz CT molecular complexity index is 749. The van der Waals surface area contributed by atoms with Crippen LogP contribution >= 0.6 is 0 Å². The van der Waals surface area contributed by atoms with Crippen molar-refractivity contribution in [3.05, 3.63) is 65.6 Å². The molecule has 126 valence electrons. The van der Waals surface area contributed by atoms with Crippen LogP contribution in [0.1, 0.15) is 24.5 Å². The first-order valence-electron chi connectivity index (χ1n) is 7.94. The molecule has 1 N–H and O–H groups in total. The summed E-state index contributed by atoms with van der Waals surface area (Å²) in [7, 11) is 3.40. The highest BCUT2D eigenvalue weighted by Gasteiger charge is 2.13. The lowest BCUT2D eigenvalue weighted by molar-refractivity contribution is 0.412. The number of methoxy groups -OCH3 is 1. The van der Waals surface area contributed by atoms with E-state index in [1.807, 2.05) is 31.3 Å². The molecule has 0 saturated carbocycles. The third kappa shape index (κ3) is 4.02. The smallest absolute Gasteiger partial charge is 0.132 e. The van der Waals surface area contributed by atoms with Gasteiger partial charge in [0.15, 0.2) is 0 Å². The maximum Gasteiger partial charge on any atom is 0.132 e. The summed E-state index contributed by atoms with van der Waals surface area (Å²) in [6, 6.07) is 10.4. The fourth-order valence-corrected chi connectivity index (χ4v) is 2.47. The first-order valence-corrected chi connectivity index (χ1v) is 7.94. The largest absolute Gasteiger partial charge is 0.496 e. The van der Waals surface area contributed by atoms with Gasteiger partial charge in [-0.05, 0) is 54.9 Å². The average molecular weight is 326 g/mol. The van der Waals surface area contributed by atoms with E-state index in [0.717, 1.165) is 40.3 Å². The van der Waals surface area contributed by atoms with E-state index in [9.17, 15) is 4.39 Å². The molecule has 0 amide bonds. The van der Waals surface area contributed by atoms with Gasteiger partial charge in [0.25, 0.3) is 0 Å². The van der Waals surface area contributed by atoms with Gasteiger partial charge in [-0.3, -0.25) is 4.99 Å². The van der Waals surface area contributed by atoms with Gasteiger partial charge in [-0.2, -0.15) is 0 Å². The Morgan fingerprint density at radius 2 is 1.92 bits per heavy atom. The molecule has 0 radical (unpaired) electrons. The van der Waals surface area contributed by atoms with E-state index >= 15 is 0 Å². The van der Waals surface area contributed by atoms with Gasteiger partial charge in [0, 0.05) is 18.2 Å². The molecule has 0 aliphatic rings. The maximum atomic E-state index is 13.2. The van der Waals surface area contributed by atoms with E-state index in [2.05, 4.69) is 17.2 Å². The SMILES string of the molecule is CC/C=C/NC(=NC)c1cc(-c2ccc(F)cc2)cc(OC)c1C. The van der Waals surface area contributed by atoms with E-state index in [-0.39, 0.29) is 5.82 Å². The van der Waals surface area contributed by atoms with Crippen LogP contribution in [0.15, 0.2) is 53.7 Å². The van der Waals surface area contributed by atoms with Crippen LogP contribution in [0.2, 0.25) is 0 Å². The van der Waals surface area contributed by atoms with Gasteiger partial charge in [0.05, 0.1) is 7.11 Å².